The molecule has 20 heavy (non-hydrogen) atoms. The fourth-order valence-electron chi connectivity index (χ4n) is 1.84. The molecule has 5 heteroatoms. The van der Waals surface area contributed by atoms with Crippen LogP contribution in [0.25, 0.3) is 0 Å². The molecule has 0 aliphatic rings. The lowest BCUT2D eigenvalue weighted by molar-refractivity contribution is -0.118. The van der Waals surface area contributed by atoms with Crippen LogP contribution in [-0.4, -0.2) is 38.1 Å². The standard InChI is InChI=1S/C15H25N3O2/c1-10(2)14(16)15(19)17-12-8-11(9-18(3)4)6-7-13(12)20-5/h6-8,10,14H,9,16H2,1-5H3,(H,17,19)/t14-/m1/s1. The second-order valence-electron chi connectivity index (χ2n) is 5.53. The molecule has 0 aliphatic heterocycles. The van der Waals surface area contributed by atoms with Gasteiger partial charge in [-0.05, 0) is 37.7 Å². The predicted molar refractivity (Wildman–Crippen MR) is 81.8 cm³/mol. The summed E-state index contributed by atoms with van der Waals surface area (Å²) in [5, 5.41) is 2.85. The van der Waals surface area contributed by atoms with Crippen molar-refractivity contribution in [3.05, 3.63) is 23.8 Å². The third-order valence-corrected chi connectivity index (χ3v) is 3.04. The number of nitrogens with one attached hydrogen (secondary N) is 1. The Balaban J connectivity index is 2.93. The number of amides is 1. The summed E-state index contributed by atoms with van der Waals surface area (Å²) < 4.78 is 5.28. The van der Waals surface area contributed by atoms with E-state index in [-0.39, 0.29) is 11.8 Å². The number of ether oxygens (including phenoxy) is 1. The highest BCUT2D eigenvalue weighted by molar-refractivity contribution is 5.96. The molecule has 112 valence electrons. The first-order chi connectivity index (χ1) is 9.35. The van der Waals surface area contributed by atoms with Crippen LogP contribution in [0.3, 0.4) is 0 Å². The van der Waals surface area contributed by atoms with Crippen LogP contribution < -0.4 is 15.8 Å². The molecule has 1 atom stereocenters. The summed E-state index contributed by atoms with van der Waals surface area (Å²) in [6.45, 7) is 4.64. The van der Waals surface area contributed by atoms with Crippen molar-refractivity contribution in [3.8, 4) is 5.75 Å². The number of methoxy groups -OCH3 is 1. The van der Waals surface area contributed by atoms with E-state index in [4.69, 9.17) is 10.5 Å². The van der Waals surface area contributed by atoms with E-state index in [1.165, 1.54) is 0 Å². The second-order valence-corrected chi connectivity index (χ2v) is 5.53. The van der Waals surface area contributed by atoms with E-state index in [1.807, 2.05) is 46.1 Å². The van der Waals surface area contributed by atoms with Gasteiger partial charge in [0.2, 0.25) is 5.91 Å². The molecule has 1 amide bonds. The molecule has 0 heterocycles. The molecular weight excluding hydrogens is 254 g/mol. The van der Waals surface area contributed by atoms with Gasteiger partial charge in [-0.15, -0.1) is 0 Å². The normalized spacial score (nSPS) is 12.6. The number of hydrogen-bond donors (Lipinski definition) is 2. The van der Waals surface area contributed by atoms with Crippen molar-refractivity contribution in [2.75, 3.05) is 26.5 Å². The third kappa shape index (κ3) is 4.51. The minimum Gasteiger partial charge on any atom is -0.495 e. The van der Waals surface area contributed by atoms with Crippen LogP contribution in [0, 0.1) is 5.92 Å². The van der Waals surface area contributed by atoms with Gasteiger partial charge in [-0.3, -0.25) is 4.79 Å². The van der Waals surface area contributed by atoms with Crippen LogP contribution in [0.4, 0.5) is 5.69 Å². The molecular formula is C15H25N3O2. The molecule has 0 unspecified atom stereocenters. The van der Waals surface area contributed by atoms with E-state index in [0.717, 1.165) is 12.1 Å². The summed E-state index contributed by atoms with van der Waals surface area (Å²) in [7, 11) is 5.58. The SMILES string of the molecule is COc1ccc(CN(C)C)cc1NC(=O)[C@H](N)C(C)C. The van der Waals surface area contributed by atoms with E-state index in [0.29, 0.717) is 11.4 Å². The first-order valence-electron chi connectivity index (χ1n) is 6.73. The second kappa shape index (κ2) is 7.26. The Morgan fingerprint density at radius 1 is 1.40 bits per heavy atom. The maximum Gasteiger partial charge on any atom is 0.241 e. The first kappa shape index (κ1) is 16.5. The molecule has 0 saturated heterocycles. The molecule has 0 saturated carbocycles. The molecule has 0 spiro atoms. The summed E-state index contributed by atoms with van der Waals surface area (Å²) in [5.74, 6) is 0.531. The Labute approximate surface area is 121 Å². The Hall–Kier alpha value is -1.59. The topological polar surface area (TPSA) is 67.6 Å². The largest absolute Gasteiger partial charge is 0.495 e. The molecule has 0 aromatic heterocycles. The van der Waals surface area contributed by atoms with Crippen molar-refractivity contribution in [2.45, 2.75) is 26.4 Å². The van der Waals surface area contributed by atoms with Gasteiger partial charge >= 0.3 is 0 Å². The predicted octanol–water partition coefficient (Wildman–Crippen LogP) is 1.68. The van der Waals surface area contributed by atoms with Crippen LogP contribution in [0.2, 0.25) is 0 Å². The molecule has 1 rings (SSSR count). The van der Waals surface area contributed by atoms with Crippen molar-refractivity contribution in [1.82, 2.24) is 4.90 Å². The van der Waals surface area contributed by atoms with E-state index in [9.17, 15) is 4.79 Å². The van der Waals surface area contributed by atoms with Gasteiger partial charge in [-0.2, -0.15) is 0 Å². The Bertz CT molecular complexity index is 458. The molecule has 0 aliphatic carbocycles. The van der Waals surface area contributed by atoms with Gasteiger partial charge in [-0.1, -0.05) is 19.9 Å². The van der Waals surface area contributed by atoms with Gasteiger partial charge in [0.15, 0.2) is 0 Å². The number of benzene rings is 1. The van der Waals surface area contributed by atoms with Gasteiger partial charge in [0.1, 0.15) is 5.75 Å². The highest BCUT2D eigenvalue weighted by atomic mass is 16.5. The van der Waals surface area contributed by atoms with Gasteiger partial charge < -0.3 is 20.7 Å². The van der Waals surface area contributed by atoms with Crippen LogP contribution in [-0.2, 0) is 11.3 Å². The molecule has 0 fully saturated rings. The van der Waals surface area contributed by atoms with Crippen LogP contribution >= 0.6 is 0 Å². The Morgan fingerprint density at radius 2 is 2.05 bits per heavy atom. The zero-order chi connectivity index (χ0) is 15.3. The summed E-state index contributed by atoms with van der Waals surface area (Å²) in [6.07, 6.45) is 0. The Morgan fingerprint density at radius 3 is 2.55 bits per heavy atom. The summed E-state index contributed by atoms with van der Waals surface area (Å²) in [4.78, 5) is 14.1. The summed E-state index contributed by atoms with van der Waals surface area (Å²) >= 11 is 0. The lowest BCUT2D eigenvalue weighted by atomic mass is 10.0. The first-order valence-corrected chi connectivity index (χ1v) is 6.73. The fourth-order valence-corrected chi connectivity index (χ4v) is 1.84. The maximum atomic E-state index is 12.1. The third-order valence-electron chi connectivity index (χ3n) is 3.04. The van der Waals surface area contributed by atoms with E-state index in [1.54, 1.807) is 7.11 Å². The summed E-state index contributed by atoms with van der Waals surface area (Å²) in [5.41, 5.74) is 7.62. The number of carbonyl (C=O) groups excluding carboxylic acids is 1. The van der Waals surface area contributed by atoms with Crippen molar-refractivity contribution >= 4 is 11.6 Å². The number of nitrogens with zero attached hydrogens (tertiary/aromatic N) is 1. The van der Waals surface area contributed by atoms with Crippen molar-refractivity contribution in [2.24, 2.45) is 11.7 Å². The van der Waals surface area contributed by atoms with Crippen molar-refractivity contribution < 1.29 is 9.53 Å². The number of nitrogens with two attached hydrogens (primary N) is 1. The Kier molecular flexibility index (Phi) is 5.98. The average molecular weight is 279 g/mol. The highest BCUT2D eigenvalue weighted by Crippen LogP contribution is 2.26. The number of carbonyl (C=O) groups is 1. The highest BCUT2D eigenvalue weighted by Gasteiger charge is 2.18. The van der Waals surface area contributed by atoms with Gasteiger partial charge in [0.25, 0.3) is 0 Å². The quantitative estimate of drug-likeness (QED) is 0.831. The van der Waals surface area contributed by atoms with Crippen molar-refractivity contribution in [3.63, 3.8) is 0 Å². The summed E-state index contributed by atoms with van der Waals surface area (Å²) in [6, 6.07) is 5.23. The monoisotopic (exact) mass is 279 g/mol. The smallest absolute Gasteiger partial charge is 0.241 e. The molecule has 0 radical (unpaired) electrons. The van der Waals surface area contributed by atoms with E-state index >= 15 is 0 Å². The average Bonchev–Trinajstić information content (AvgIpc) is 2.37. The van der Waals surface area contributed by atoms with Crippen molar-refractivity contribution in [1.29, 1.82) is 0 Å². The van der Waals surface area contributed by atoms with Gasteiger partial charge in [-0.25, -0.2) is 0 Å². The molecule has 3 N–H and O–H groups in total. The maximum absolute atomic E-state index is 12.1. The number of hydrogen-bond acceptors (Lipinski definition) is 4. The van der Waals surface area contributed by atoms with Gasteiger partial charge in [0.05, 0.1) is 18.8 Å². The van der Waals surface area contributed by atoms with Crippen LogP contribution in [0.1, 0.15) is 19.4 Å². The minimum absolute atomic E-state index is 0.0888. The zero-order valence-electron chi connectivity index (χ0n) is 12.9. The van der Waals surface area contributed by atoms with Gasteiger partial charge in [0, 0.05) is 6.54 Å². The molecule has 0 bridgehead atoms. The van der Waals surface area contributed by atoms with E-state index < -0.39 is 6.04 Å². The zero-order valence-corrected chi connectivity index (χ0v) is 12.9. The fraction of sp³-hybridized carbons (Fsp3) is 0.533. The van der Waals surface area contributed by atoms with Crippen LogP contribution in [0.15, 0.2) is 18.2 Å². The lowest BCUT2D eigenvalue weighted by Crippen LogP contribution is -2.39. The molecule has 1 aromatic rings. The minimum atomic E-state index is -0.530. The molecule has 5 nitrogen and oxygen atoms in total. The number of rotatable bonds is 6. The number of anilines is 1. The van der Waals surface area contributed by atoms with E-state index in [2.05, 4.69) is 10.2 Å². The lowest BCUT2D eigenvalue weighted by Gasteiger charge is -2.18. The van der Waals surface area contributed by atoms with Crippen LogP contribution in [0.5, 0.6) is 5.75 Å². The molecule has 1 aromatic carbocycles.